The van der Waals surface area contributed by atoms with Crippen molar-refractivity contribution in [3.05, 3.63) is 21.6 Å². The first-order valence-electron chi connectivity index (χ1n) is 5.61. The van der Waals surface area contributed by atoms with E-state index < -0.39 is 0 Å². The van der Waals surface area contributed by atoms with Gasteiger partial charge in [0.05, 0.1) is 23.5 Å². The van der Waals surface area contributed by atoms with Gasteiger partial charge in [-0.15, -0.1) is 0 Å². The van der Waals surface area contributed by atoms with Gasteiger partial charge >= 0.3 is 0 Å². The van der Waals surface area contributed by atoms with E-state index in [1.54, 1.807) is 0 Å². The van der Waals surface area contributed by atoms with Crippen LogP contribution in [0.3, 0.4) is 0 Å². The van der Waals surface area contributed by atoms with Gasteiger partial charge in [0.15, 0.2) is 0 Å². The molecule has 88 valence electrons. The topological polar surface area (TPSA) is 81.0 Å². The van der Waals surface area contributed by atoms with Gasteiger partial charge in [-0.05, 0) is 12.8 Å². The van der Waals surface area contributed by atoms with E-state index in [-0.39, 0.29) is 17.1 Å². The summed E-state index contributed by atoms with van der Waals surface area (Å²) in [5.41, 5.74) is 6.59. The molecule has 0 bridgehead atoms. The number of H-pyrrole nitrogens is 1. The number of nitrogens with two attached hydrogens (primary N) is 1. The molecule has 0 fully saturated rings. The number of rotatable bonds is 2. The van der Waals surface area contributed by atoms with E-state index in [1.165, 1.54) is 0 Å². The summed E-state index contributed by atoms with van der Waals surface area (Å²) in [6, 6.07) is 0. The zero-order valence-electron chi connectivity index (χ0n) is 9.67. The molecule has 2 heterocycles. The first-order valence-corrected chi connectivity index (χ1v) is 5.61. The third-order valence-corrected chi connectivity index (χ3v) is 3.42. The second kappa shape index (κ2) is 3.90. The second-order valence-electron chi connectivity index (χ2n) is 4.23. The highest BCUT2D eigenvalue weighted by Gasteiger charge is 2.34. The Morgan fingerprint density at radius 2 is 2.19 bits per heavy atom. The lowest BCUT2D eigenvalue weighted by atomic mass is 9.88. The highest BCUT2D eigenvalue weighted by molar-refractivity contribution is 5.27. The summed E-state index contributed by atoms with van der Waals surface area (Å²) < 4.78 is 5.81. The fourth-order valence-corrected chi connectivity index (χ4v) is 2.14. The minimum atomic E-state index is -0.180. The molecule has 1 aliphatic heterocycles. The summed E-state index contributed by atoms with van der Waals surface area (Å²) in [5, 5.41) is 0. The van der Waals surface area contributed by atoms with Gasteiger partial charge in [0.25, 0.3) is 5.56 Å². The van der Waals surface area contributed by atoms with Crippen molar-refractivity contribution in [2.75, 3.05) is 5.73 Å². The van der Waals surface area contributed by atoms with Crippen LogP contribution in [0.4, 0.5) is 5.95 Å². The van der Waals surface area contributed by atoms with Gasteiger partial charge in [-0.3, -0.25) is 9.78 Å². The van der Waals surface area contributed by atoms with E-state index >= 15 is 0 Å². The first kappa shape index (κ1) is 11.1. The Morgan fingerprint density at radius 1 is 1.50 bits per heavy atom. The fourth-order valence-electron chi connectivity index (χ4n) is 2.14. The van der Waals surface area contributed by atoms with Crippen LogP contribution < -0.4 is 11.3 Å². The van der Waals surface area contributed by atoms with Crippen LogP contribution in [-0.4, -0.2) is 15.6 Å². The van der Waals surface area contributed by atoms with Crippen LogP contribution in [0.5, 0.6) is 0 Å². The first-order chi connectivity index (χ1) is 7.60. The van der Waals surface area contributed by atoms with Crippen molar-refractivity contribution in [1.29, 1.82) is 0 Å². The second-order valence-corrected chi connectivity index (χ2v) is 4.23. The normalized spacial score (nSPS) is 18.1. The molecule has 0 amide bonds. The third kappa shape index (κ3) is 1.71. The lowest BCUT2D eigenvalue weighted by molar-refractivity contribution is -0.0742. The number of hydrogen-bond acceptors (Lipinski definition) is 4. The highest BCUT2D eigenvalue weighted by atomic mass is 16.5. The molecule has 0 aromatic carbocycles. The predicted molar refractivity (Wildman–Crippen MR) is 61.1 cm³/mol. The summed E-state index contributed by atoms with van der Waals surface area (Å²) in [6.45, 7) is 4.51. The van der Waals surface area contributed by atoms with Crippen LogP contribution >= 0.6 is 0 Å². The highest BCUT2D eigenvalue weighted by Crippen LogP contribution is 2.31. The average molecular weight is 223 g/mol. The lowest BCUT2D eigenvalue weighted by Gasteiger charge is -2.35. The zero-order chi connectivity index (χ0) is 11.8. The number of nitrogen functional groups attached to an aromatic ring is 1. The minimum Gasteiger partial charge on any atom is -0.370 e. The Kier molecular flexibility index (Phi) is 2.71. The standard InChI is InChI=1S/C11H17N3O2/c1-3-11(4-2)5-8-7(6-16-11)9(15)14-10(12)13-8/h3-6H2,1-2H3,(H3,12,13,14,15). The van der Waals surface area contributed by atoms with E-state index in [4.69, 9.17) is 10.5 Å². The SMILES string of the molecule is CCC1(CC)Cc2nc(N)[nH]c(=O)c2CO1. The van der Waals surface area contributed by atoms with Crippen LogP contribution in [-0.2, 0) is 17.8 Å². The largest absolute Gasteiger partial charge is 0.370 e. The quantitative estimate of drug-likeness (QED) is 0.783. The molecule has 0 saturated carbocycles. The van der Waals surface area contributed by atoms with E-state index in [0.29, 0.717) is 18.6 Å². The molecule has 1 aliphatic rings. The molecule has 5 nitrogen and oxygen atoms in total. The van der Waals surface area contributed by atoms with Crippen LogP contribution in [0.2, 0.25) is 0 Å². The Morgan fingerprint density at radius 3 is 2.81 bits per heavy atom. The maximum Gasteiger partial charge on any atom is 0.258 e. The fraction of sp³-hybridized carbons (Fsp3) is 0.636. The van der Waals surface area contributed by atoms with Gasteiger partial charge in [0.1, 0.15) is 0 Å². The van der Waals surface area contributed by atoms with E-state index in [9.17, 15) is 4.79 Å². The van der Waals surface area contributed by atoms with Gasteiger partial charge in [-0.2, -0.15) is 0 Å². The molecule has 16 heavy (non-hydrogen) atoms. The number of hydrogen-bond donors (Lipinski definition) is 2. The lowest BCUT2D eigenvalue weighted by Crippen LogP contribution is -2.40. The molecule has 0 radical (unpaired) electrons. The number of fused-ring (bicyclic) bond motifs is 1. The monoisotopic (exact) mass is 223 g/mol. The number of aromatic amines is 1. The van der Waals surface area contributed by atoms with Crippen molar-refractivity contribution >= 4 is 5.95 Å². The maximum atomic E-state index is 11.6. The molecule has 0 aliphatic carbocycles. The van der Waals surface area contributed by atoms with Crippen molar-refractivity contribution in [3.63, 3.8) is 0 Å². The van der Waals surface area contributed by atoms with Crippen molar-refractivity contribution in [2.24, 2.45) is 0 Å². The van der Waals surface area contributed by atoms with Crippen LogP contribution in [0.25, 0.3) is 0 Å². The molecule has 0 unspecified atom stereocenters. The molecule has 0 spiro atoms. The smallest absolute Gasteiger partial charge is 0.258 e. The number of aromatic nitrogens is 2. The van der Waals surface area contributed by atoms with Crippen LogP contribution in [0.15, 0.2) is 4.79 Å². The van der Waals surface area contributed by atoms with E-state index in [2.05, 4.69) is 23.8 Å². The molecular formula is C11H17N3O2. The van der Waals surface area contributed by atoms with Gasteiger partial charge < -0.3 is 10.5 Å². The van der Waals surface area contributed by atoms with Crippen LogP contribution in [0.1, 0.15) is 37.9 Å². The Labute approximate surface area is 94.0 Å². The summed E-state index contributed by atoms with van der Waals surface area (Å²) in [6.07, 6.45) is 2.50. The molecule has 5 heteroatoms. The molecule has 1 aromatic rings. The molecule has 1 aromatic heterocycles. The molecule has 3 N–H and O–H groups in total. The summed E-state index contributed by atoms with van der Waals surface area (Å²) in [5.74, 6) is 0.187. The number of nitrogens with zero attached hydrogens (tertiary/aromatic N) is 1. The molecule has 0 saturated heterocycles. The maximum absolute atomic E-state index is 11.6. The predicted octanol–water partition coefficient (Wildman–Crippen LogP) is 0.984. The van der Waals surface area contributed by atoms with Gasteiger partial charge in [0.2, 0.25) is 5.95 Å². The zero-order valence-corrected chi connectivity index (χ0v) is 9.67. The van der Waals surface area contributed by atoms with Crippen LogP contribution in [0, 0.1) is 0 Å². The number of ether oxygens (including phenoxy) is 1. The Balaban J connectivity index is 2.44. The average Bonchev–Trinajstić information content (AvgIpc) is 2.27. The molecule has 0 atom stereocenters. The minimum absolute atomic E-state index is 0.177. The van der Waals surface area contributed by atoms with Crippen molar-refractivity contribution < 1.29 is 4.74 Å². The Bertz CT molecular complexity index is 449. The Hall–Kier alpha value is -1.36. The van der Waals surface area contributed by atoms with Crippen molar-refractivity contribution in [2.45, 2.75) is 45.3 Å². The van der Waals surface area contributed by atoms with Crippen molar-refractivity contribution in [1.82, 2.24) is 9.97 Å². The number of anilines is 1. The number of nitrogens with one attached hydrogen (secondary N) is 1. The van der Waals surface area contributed by atoms with E-state index in [1.807, 2.05) is 0 Å². The molecule has 2 rings (SSSR count). The van der Waals surface area contributed by atoms with Gasteiger partial charge in [-0.1, -0.05) is 13.8 Å². The third-order valence-electron chi connectivity index (χ3n) is 3.42. The van der Waals surface area contributed by atoms with Gasteiger partial charge in [-0.25, -0.2) is 4.98 Å². The molecular weight excluding hydrogens is 206 g/mol. The summed E-state index contributed by atoms with van der Waals surface area (Å²) in [7, 11) is 0. The van der Waals surface area contributed by atoms with E-state index in [0.717, 1.165) is 18.5 Å². The summed E-state index contributed by atoms with van der Waals surface area (Å²) >= 11 is 0. The summed E-state index contributed by atoms with van der Waals surface area (Å²) in [4.78, 5) is 18.3. The van der Waals surface area contributed by atoms with Gasteiger partial charge in [0, 0.05) is 6.42 Å². The van der Waals surface area contributed by atoms with Crippen molar-refractivity contribution in [3.8, 4) is 0 Å².